The second-order valence-corrected chi connectivity index (χ2v) is 6.16. The fraction of sp³-hybridized carbons (Fsp3) is 0.143. The summed E-state index contributed by atoms with van der Waals surface area (Å²) in [6.07, 6.45) is 0.731. The van der Waals surface area contributed by atoms with Crippen LogP contribution >= 0.6 is 0 Å². The molecule has 4 rings (SSSR count). The third kappa shape index (κ3) is 3.83. The van der Waals surface area contributed by atoms with Gasteiger partial charge in [-0.3, -0.25) is 9.59 Å². The lowest BCUT2D eigenvalue weighted by Gasteiger charge is -2.25. The van der Waals surface area contributed by atoms with E-state index in [1.54, 1.807) is 60.9 Å². The van der Waals surface area contributed by atoms with Crippen molar-refractivity contribution < 1.29 is 23.5 Å². The maximum Gasteiger partial charge on any atom is 0.269 e. The van der Waals surface area contributed by atoms with Crippen molar-refractivity contribution >= 4 is 17.5 Å². The largest absolute Gasteiger partial charge is 0.485 e. The predicted molar refractivity (Wildman–Crippen MR) is 101 cm³/mol. The summed E-state index contributed by atoms with van der Waals surface area (Å²) < 4.78 is 16.5. The lowest BCUT2D eigenvalue weighted by atomic mass is 10.1. The zero-order valence-electron chi connectivity index (χ0n) is 14.9. The first-order valence-electron chi connectivity index (χ1n) is 8.79. The first-order valence-corrected chi connectivity index (χ1v) is 8.79. The van der Waals surface area contributed by atoms with E-state index < -0.39 is 6.10 Å². The number of amides is 2. The van der Waals surface area contributed by atoms with E-state index >= 15 is 0 Å². The van der Waals surface area contributed by atoms with Gasteiger partial charge in [-0.05, 0) is 36.4 Å². The van der Waals surface area contributed by atoms with Crippen LogP contribution in [0.3, 0.4) is 0 Å². The van der Waals surface area contributed by atoms with Crippen molar-refractivity contribution in [3.63, 3.8) is 0 Å². The number of fused-ring (bicyclic) bond motifs is 1. The lowest BCUT2D eigenvalue weighted by molar-refractivity contribution is -0.125. The number of benzene rings is 2. The molecule has 1 aliphatic rings. The topological polar surface area (TPSA) is 89.8 Å². The number of hydrogen-bond acceptors (Lipinski definition) is 5. The van der Waals surface area contributed by atoms with Gasteiger partial charge in [0.2, 0.25) is 6.10 Å². The van der Waals surface area contributed by atoms with Gasteiger partial charge >= 0.3 is 0 Å². The minimum absolute atomic E-state index is 0.0930. The second-order valence-electron chi connectivity index (χ2n) is 6.16. The van der Waals surface area contributed by atoms with Gasteiger partial charge in [-0.2, -0.15) is 0 Å². The Hall–Kier alpha value is -3.74. The zero-order chi connectivity index (χ0) is 19.3. The molecule has 2 aromatic carbocycles. The number of para-hydroxylation sites is 3. The van der Waals surface area contributed by atoms with E-state index in [0.717, 1.165) is 0 Å². The normalized spacial score (nSPS) is 14.9. The molecule has 2 N–H and O–H groups in total. The summed E-state index contributed by atoms with van der Waals surface area (Å²) in [4.78, 5) is 25.2. The van der Waals surface area contributed by atoms with Gasteiger partial charge in [0.15, 0.2) is 11.5 Å². The van der Waals surface area contributed by atoms with Crippen molar-refractivity contribution in [3.8, 4) is 11.5 Å². The highest BCUT2D eigenvalue weighted by Crippen LogP contribution is 2.31. The number of nitrogens with one attached hydrogen (secondary N) is 2. The molecular weight excluding hydrogens is 360 g/mol. The van der Waals surface area contributed by atoms with Crippen LogP contribution in [0.1, 0.15) is 16.1 Å². The van der Waals surface area contributed by atoms with Gasteiger partial charge in [0.1, 0.15) is 12.4 Å². The molecular formula is C21H18N2O5. The van der Waals surface area contributed by atoms with Crippen molar-refractivity contribution in [2.45, 2.75) is 12.6 Å². The maximum absolute atomic E-state index is 12.6. The van der Waals surface area contributed by atoms with Gasteiger partial charge in [0, 0.05) is 0 Å². The van der Waals surface area contributed by atoms with E-state index in [2.05, 4.69) is 10.6 Å². The molecule has 3 aromatic rings. The summed E-state index contributed by atoms with van der Waals surface area (Å²) in [5, 5.41) is 5.52. The molecule has 1 atom stereocenters. The molecule has 142 valence electrons. The molecule has 1 aliphatic heterocycles. The van der Waals surface area contributed by atoms with Crippen LogP contribution in [0.15, 0.2) is 71.3 Å². The Labute approximate surface area is 161 Å². The molecule has 28 heavy (non-hydrogen) atoms. The average molecular weight is 378 g/mol. The molecule has 0 fully saturated rings. The number of hydrogen-bond donors (Lipinski definition) is 2. The smallest absolute Gasteiger partial charge is 0.269 e. The summed E-state index contributed by atoms with van der Waals surface area (Å²) in [6, 6.07) is 17.5. The fourth-order valence-corrected chi connectivity index (χ4v) is 2.83. The minimum atomic E-state index is -0.811. The van der Waals surface area contributed by atoms with E-state index in [0.29, 0.717) is 28.5 Å². The highest BCUT2D eigenvalue weighted by Gasteiger charge is 2.28. The third-order valence-electron chi connectivity index (χ3n) is 4.23. The van der Waals surface area contributed by atoms with E-state index in [1.807, 2.05) is 6.07 Å². The van der Waals surface area contributed by atoms with Crippen molar-refractivity contribution in [1.29, 1.82) is 0 Å². The van der Waals surface area contributed by atoms with Crippen LogP contribution in [0.4, 0.5) is 5.69 Å². The monoisotopic (exact) mass is 378 g/mol. The lowest BCUT2D eigenvalue weighted by Crippen LogP contribution is -2.40. The average Bonchev–Trinajstić information content (AvgIpc) is 3.25. The molecule has 2 heterocycles. The Morgan fingerprint density at radius 1 is 0.964 bits per heavy atom. The molecule has 1 aromatic heterocycles. The number of anilines is 1. The molecule has 0 unspecified atom stereocenters. The standard InChI is InChI=1S/C21H18N2O5/c24-20(22-12-14-6-5-11-26-14)15-7-1-2-8-16(15)23-21(25)19-13-27-17-9-3-4-10-18(17)28-19/h1-11,19H,12-13H2,(H,22,24)(H,23,25)/t19-/m1/s1. The highest BCUT2D eigenvalue weighted by atomic mass is 16.6. The maximum atomic E-state index is 12.6. The Kier molecular flexibility index (Phi) is 4.97. The van der Waals surface area contributed by atoms with Crippen LogP contribution < -0.4 is 20.1 Å². The quantitative estimate of drug-likeness (QED) is 0.712. The van der Waals surface area contributed by atoms with E-state index in [9.17, 15) is 9.59 Å². The summed E-state index contributed by atoms with van der Waals surface area (Å²) >= 11 is 0. The molecule has 0 saturated carbocycles. The molecule has 2 amide bonds. The van der Waals surface area contributed by atoms with Crippen LogP contribution in [0.5, 0.6) is 11.5 Å². The molecule has 7 heteroatoms. The predicted octanol–water partition coefficient (Wildman–Crippen LogP) is 2.99. The van der Waals surface area contributed by atoms with Crippen molar-refractivity contribution in [2.24, 2.45) is 0 Å². The van der Waals surface area contributed by atoms with Crippen LogP contribution in [0, 0.1) is 0 Å². The molecule has 0 saturated heterocycles. The Bertz CT molecular complexity index is 984. The number of carbonyl (C=O) groups excluding carboxylic acids is 2. The molecule has 0 spiro atoms. The Morgan fingerprint density at radius 2 is 1.75 bits per heavy atom. The summed E-state index contributed by atoms with van der Waals surface area (Å²) in [5.41, 5.74) is 0.742. The molecule has 0 radical (unpaired) electrons. The number of carbonyl (C=O) groups is 2. The van der Waals surface area contributed by atoms with Gasteiger partial charge in [0.25, 0.3) is 11.8 Å². The van der Waals surface area contributed by atoms with Crippen LogP contribution in [-0.2, 0) is 11.3 Å². The van der Waals surface area contributed by atoms with Crippen molar-refractivity contribution in [2.75, 3.05) is 11.9 Å². The Balaban J connectivity index is 1.43. The third-order valence-corrected chi connectivity index (χ3v) is 4.23. The summed E-state index contributed by atoms with van der Waals surface area (Å²) in [7, 11) is 0. The molecule has 7 nitrogen and oxygen atoms in total. The number of ether oxygens (including phenoxy) is 2. The van der Waals surface area contributed by atoms with Gasteiger partial charge in [-0.1, -0.05) is 24.3 Å². The van der Waals surface area contributed by atoms with Gasteiger partial charge in [-0.25, -0.2) is 0 Å². The first kappa shape index (κ1) is 17.7. The summed E-state index contributed by atoms with van der Waals surface area (Å²) in [5.74, 6) is 1.04. The number of furan rings is 1. The second kappa shape index (κ2) is 7.87. The summed E-state index contributed by atoms with van der Waals surface area (Å²) in [6.45, 7) is 0.347. The van der Waals surface area contributed by atoms with Crippen LogP contribution in [0.2, 0.25) is 0 Å². The molecule has 0 bridgehead atoms. The van der Waals surface area contributed by atoms with Crippen LogP contribution in [0.25, 0.3) is 0 Å². The van der Waals surface area contributed by atoms with E-state index in [-0.39, 0.29) is 25.0 Å². The number of rotatable bonds is 5. The highest BCUT2D eigenvalue weighted by molar-refractivity contribution is 6.04. The van der Waals surface area contributed by atoms with Crippen LogP contribution in [-0.4, -0.2) is 24.5 Å². The van der Waals surface area contributed by atoms with E-state index in [1.165, 1.54) is 0 Å². The first-order chi connectivity index (χ1) is 13.7. The van der Waals surface area contributed by atoms with E-state index in [4.69, 9.17) is 13.9 Å². The fourth-order valence-electron chi connectivity index (χ4n) is 2.83. The SMILES string of the molecule is O=C(NCc1ccco1)c1ccccc1NC(=O)[C@H]1COc2ccccc2O1. The zero-order valence-corrected chi connectivity index (χ0v) is 14.9. The Morgan fingerprint density at radius 3 is 2.57 bits per heavy atom. The van der Waals surface area contributed by atoms with Gasteiger partial charge in [-0.15, -0.1) is 0 Å². The van der Waals surface area contributed by atoms with Gasteiger partial charge < -0.3 is 24.5 Å². The molecule has 0 aliphatic carbocycles. The van der Waals surface area contributed by atoms with Crippen molar-refractivity contribution in [3.05, 3.63) is 78.3 Å². The van der Waals surface area contributed by atoms with Crippen molar-refractivity contribution in [1.82, 2.24) is 5.32 Å². The minimum Gasteiger partial charge on any atom is -0.485 e. The van der Waals surface area contributed by atoms with Gasteiger partial charge in [0.05, 0.1) is 24.1 Å².